The predicted molar refractivity (Wildman–Crippen MR) is 95.5 cm³/mol. The molecule has 1 atom stereocenters. The van der Waals surface area contributed by atoms with E-state index in [-0.39, 0.29) is 22.2 Å². The van der Waals surface area contributed by atoms with Gasteiger partial charge in [-0.05, 0) is 25.1 Å². The monoisotopic (exact) mass is 374 g/mol. The maximum atomic E-state index is 13.9. The van der Waals surface area contributed by atoms with Crippen molar-refractivity contribution in [3.63, 3.8) is 0 Å². The third-order valence-electron chi connectivity index (χ3n) is 2.75. The van der Waals surface area contributed by atoms with E-state index >= 15 is 0 Å². The molecule has 0 bridgehead atoms. The van der Waals surface area contributed by atoms with Crippen LogP contribution in [0.4, 0.5) is 4.39 Å². The minimum atomic E-state index is -3.46. The molecular weight excluding hydrogens is 347 g/mol. The number of sulfone groups is 1. The van der Waals surface area contributed by atoms with E-state index in [1.54, 1.807) is 6.92 Å². The summed E-state index contributed by atoms with van der Waals surface area (Å²) in [6.45, 7) is 9.96. The molecular formula is C17H27FN2O4S. The Kier molecular flexibility index (Phi) is 10.2. The Morgan fingerprint density at radius 2 is 1.84 bits per heavy atom. The lowest BCUT2D eigenvalue weighted by Gasteiger charge is -2.02. The van der Waals surface area contributed by atoms with Crippen molar-refractivity contribution < 1.29 is 22.1 Å². The van der Waals surface area contributed by atoms with E-state index in [0.717, 1.165) is 12.3 Å². The number of hydrogen-bond donors (Lipinski definition) is 0. The summed E-state index contributed by atoms with van der Waals surface area (Å²) < 4.78 is 46.6. The maximum absolute atomic E-state index is 13.9. The lowest BCUT2D eigenvalue weighted by atomic mass is 10.2. The van der Waals surface area contributed by atoms with Crippen LogP contribution in [0.5, 0.6) is 0 Å². The summed E-state index contributed by atoms with van der Waals surface area (Å²) in [5.74, 6) is -0.471. The van der Waals surface area contributed by atoms with E-state index in [4.69, 9.17) is 9.26 Å². The van der Waals surface area contributed by atoms with Gasteiger partial charge < -0.3 is 9.26 Å². The van der Waals surface area contributed by atoms with Crippen LogP contribution in [0, 0.1) is 5.82 Å². The van der Waals surface area contributed by atoms with Gasteiger partial charge in [-0.2, -0.15) is 4.98 Å². The highest BCUT2D eigenvalue weighted by atomic mass is 32.2. The van der Waals surface area contributed by atoms with Crippen LogP contribution in [0.15, 0.2) is 27.6 Å². The van der Waals surface area contributed by atoms with Gasteiger partial charge in [-0.25, -0.2) is 12.8 Å². The first-order valence-electron chi connectivity index (χ1n) is 8.10. The largest absolute Gasteiger partial charge is 0.372 e. The zero-order chi connectivity index (χ0) is 19.6. The van der Waals surface area contributed by atoms with Crippen molar-refractivity contribution in [2.24, 2.45) is 0 Å². The Labute approximate surface area is 149 Å². The van der Waals surface area contributed by atoms with Gasteiger partial charge in [-0.15, -0.1) is 0 Å². The molecule has 1 aromatic heterocycles. The van der Waals surface area contributed by atoms with Crippen molar-refractivity contribution in [2.75, 3.05) is 13.4 Å². The van der Waals surface area contributed by atoms with Crippen molar-refractivity contribution in [3.8, 4) is 11.4 Å². The zero-order valence-corrected chi connectivity index (χ0v) is 16.6. The van der Waals surface area contributed by atoms with Gasteiger partial charge in [-0.1, -0.05) is 39.3 Å². The summed E-state index contributed by atoms with van der Waals surface area (Å²) >= 11 is 0. The number of hydrogen-bond acceptors (Lipinski definition) is 6. The van der Waals surface area contributed by atoms with Crippen LogP contribution < -0.4 is 0 Å². The Balaban J connectivity index is 0.00000104. The molecule has 0 saturated carbocycles. The van der Waals surface area contributed by atoms with Crippen LogP contribution in [0.1, 0.15) is 53.0 Å². The minimum Gasteiger partial charge on any atom is -0.372 e. The number of nitrogens with zero attached hydrogens (tertiary/aromatic N) is 2. The fraction of sp³-hybridized carbons (Fsp3) is 0.529. The smallest absolute Gasteiger partial charge is 0.255 e. The van der Waals surface area contributed by atoms with E-state index < -0.39 is 21.8 Å². The van der Waals surface area contributed by atoms with Crippen molar-refractivity contribution in [3.05, 3.63) is 29.9 Å². The van der Waals surface area contributed by atoms with Crippen LogP contribution in [0.2, 0.25) is 0 Å². The number of methoxy groups -OCH3 is 1. The summed E-state index contributed by atoms with van der Waals surface area (Å²) in [4.78, 5) is 3.91. The Morgan fingerprint density at radius 1 is 1.28 bits per heavy atom. The third-order valence-corrected chi connectivity index (χ3v) is 3.86. The number of aromatic nitrogens is 2. The SMILES string of the molecule is CC.CCC.COC(C)c1nc(-c2ccc(S(C)(=O)=O)cc2F)no1. The van der Waals surface area contributed by atoms with Crippen LogP contribution in [0.3, 0.4) is 0 Å². The zero-order valence-electron chi connectivity index (χ0n) is 15.8. The molecule has 6 nitrogen and oxygen atoms in total. The topological polar surface area (TPSA) is 82.3 Å². The first kappa shape index (κ1) is 23.2. The second-order valence-corrected chi connectivity index (χ2v) is 6.97. The minimum absolute atomic E-state index is 0.0430. The first-order valence-corrected chi connectivity index (χ1v) is 10.00. The summed E-state index contributed by atoms with van der Waals surface area (Å²) in [6, 6.07) is 3.53. The molecule has 0 spiro atoms. The number of halogens is 1. The van der Waals surface area contributed by atoms with E-state index in [2.05, 4.69) is 24.0 Å². The lowest BCUT2D eigenvalue weighted by Crippen LogP contribution is -1.99. The molecule has 2 aromatic rings. The molecule has 0 amide bonds. The molecule has 0 aliphatic rings. The number of ether oxygens (including phenoxy) is 1. The first-order chi connectivity index (χ1) is 11.7. The molecule has 142 valence electrons. The average Bonchev–Trinajstić information content (AvgIpc) is 3.05. The van der Waals surface area contributed by atoms with Gasteiger partial charge in [0.15, 0.2) is 9.84 Å². The van der Waals surface area contributed by atoms with Gasteiger partial charge in [0.2, 0.25) is 5.82 Å². The summed E-state index contributed by atoms with van der Waals surface area (Å²) in [7, 11) is -1.98. The van der Waals surface area contributed by atoms with Gasteiger partial charge >= 0.3 is 0 Å². The quantitative estimate of drug-likeness (QED) is 0.787. The van der Waals surface area contributed by atoms with Crippen molar-refractivity contribution in [1.82, 2.24) is 10.1 Å². The average molecular weight is 374 g/mol. The summed E-state index contributed by atoms with van der Waals surface area (Å²) in [5.41, 5.74) is 0.0655. The Hall–Kier alpha value is -1.80. The highest BCUT2D eigenvalue weighted by Gasteiger charge is 2.18. The molecule has 2 rings (SSSR count). The van der Waals surface area contributed by atoms with Crippen molar-refractivity contribution in [1.29, 1.82) is 0 Å². The van der Waals surface area contributed by atoms with E-state index in [0.29, 0.717) is 0 Å². The summed E-state index contributed by atoms with van der Waals surface area (Å²) in [5, 5.41) is 3.65. The molecule has 0 aliphatic heterocycles. The van der Waals surface area contributed by atoms with Crippen LogP contribution >= 0.6 is 0 Å². The van der Waals surface area contributed by atoms with Gasteiger partial charge in [0.25, 0.3) is 5.89 Å². The molecule has 1 heterocycles. The summed E-state index contributed by atoms with van der Waals surface area (Å²) in [6.07, 6.45) is 1.85. The van der Waals surface area contributed by atoms with Crippen molar-refractivity contribution >= 4 is 9.84 Å². The van der Waals surface area contributed by atoms with E-state index in [1.165, 1.54) is 25.7 Å². The van der Waals surface area contributed by atoms with Crippen molar-refractivity contribution in [2.45, 2.75) is 52.0 Å². The van der Waals surface area contributed by atoms with Crippen LogP contribution in [0.25, 0.3) is 11.4 Å². The molecule has 0 aliphatic carbocycles. The van der Waals surface area contributed by atoms with Gasteiger partial charge in [0.1, 0.15) is 11.9 Å². The second-order valence-electron chi connectivity index (χ2n) is 4.96. The highest BCUT2D eigenvalue weighted by Crippen LogP contribution is 2.24. The van der Waals surface area contributed by atoms with Gasteiger partial charge in [-0.3, -0.25) is 0 Å². The lowest BCUT2D eigenvalue weighted by molar-refractivity contribution is 0.0886. The molecule has 0 N–H and O–H groups in total. The Morgan fingerprint density at radius 3 is 2.28 bits per heavy atom. The second kappa shape index (κ2) is 10.9. The highest BCUT2D eigenvalue weighted by molar-refractivity contribution is 7.90. The molecule has 1 unspecified atom stereocenters. The Bertz CT molecular complexity index is 745. The molecule has 0 saturated heterocycles. The van der Waals surface area contributed by atoms with Crippen LogP contribution in [-0.4, -0.2) is 31.9 Å². The third kappa shape index (κ3) is 6.91. The molecule has 25 heavy (non-hydrogen) atoms. The van der Waals surface area contributed by atoms with Gasteiger partial charge in [0.05, 0.1) is 10.5 Å². The standard InChI is InChI=1S/C12H13FN2O4S.C3H8.C2H6/c1-7(18-2)12-14-11(15-19-12)9-5-4-8(6-10(9)13)20(3,16)17;1-3-2;1-2/h4-7H,1-3H3;3H2,1-2H3;1-2H3. The molecule has 1 aromatic carbocycles. The fourth-order valence-electron chi connectivity index (χ4n) is 1.52. The number of rotatable bonds is 4. The normalized spacial score (nSPS) is 11.7. The van der Waals surface area contributed by atoms with E-state index in [9.17, 15) is 12.8 Å². The van der Waals surface area contributed by atoms with Crippen LogP contribution in [-0.2, 0) is 14.6 Å². The van der Waals surface area contributed by atoms with E-state index in [1.807, 2.05) is 13.8 Å². The maximum Gasteiger partial charge on any atom is 0.255 e. The molecule has 0 fully saturated rings. The fourth-order valence-corrected chi connectivity index (χ4v) is 2.15. The number of benzene rings is 1. The van der Waals surface area contributed by atoms with Gasteiger partial charge in [0, 0.05) is 13.4 Å². The molecule has 0 radical (unpaired) electrons. The molecule has 8 heteroatoms. The predicted octanol–water partition coefficient (Wildman–Crippen LogP) is 4.43.